The van der Waals surface area contributed by atoms with Crippen molar-refractivity contribution in [2.24, 2.45) is 17.8 Å². The van der Waals surface area contributed by atoms with Gasteiger partial charge >= 0.3 is 0 Å². The summed E-state index contributed by atoms with van der Waals surface area (Å²) in [6, 6.07) is 0. The number of nitrogens with zero attached hydrogens (tertiary/aromatic N) is 5. The van der Waals surface area contributed by atoms with Crippen LogP contribution in [0.3, 0.4) is 0 Å². The number of aromatic nitrogens is 4. The van der Waals surface area contributed by atoms with E-state index in [0.29, 0.717) is 32.2 Å². The fraction of sp³-hybridized carbons (Fsp3) is 0.571. The third-order valence-electron chi connectivity index (χ3n) is 3.19. The van der Waals surface area contributed by atoms with Crippen LogP contribution in [-0.2, 0) is 11.8 Å². The number of nitrogens with two attached hydrogens (primary N) is 1. The number of aliphatic imine (C=N–C) groups is 1. The highest BCUT2D eigenvalue weighted by molar-refractivity contribution is 14.0. The third-order valence-corrected chi connectivity index (χ3v) is 3.19. The largest absolute Gasteiger partial charge is 0.382 e. The van der Waals surface area contributed by atoms with Crippen molar-refractivity contribution in [2.75, 3.05) is 38.2 Å². The Kier molecular flexibility index (Phi) is 9.30. The van der Waals surface area contributed by atoms with Gasteiger partial charge in [-0.05, 0) is 13.3 Å². The molecule has 2 heterocycles. The predicted molar refractivity (Wildman–Crippen MR) is 106 cm³/mol. The fourth-order valence-electron chi connectivity index (χ4n) is 2.04. The van der Waals surface area contributed by atoms with E-state index in [-0.39, 0.29) is 24.0 Å². The molecule has 10 heteroatoms. The number of nitrogens with one attached hydrogen (secondary N) is 2. The van der Waals surface area contributed by atoms with Crippen molar-refractivity contribution in [3.8, 4) is 0 Å². The molecule has 0 aliphatic carbocycles. The van der Waals surface area contributed by atoms with Gasteiger partial charge in [-0.1, -0.05) is 0 Å². The summed E-state index contributed by atoms with van der Waals surface area (Å²) in [7, 11) is 1.85. The van der Waals surface area contributed by atoms with E-state index in [1.54, 1.807) is 10.9 Å². The average Bonchev–Trinajstić information content (AvgIpc) is 2.94. The van der Waals surface area contributed by atoms with Gasteiger partial charge in [0.1, 0.15) is 12.1 Å². The van der Waals surface area contributed by atoms with Gasteiger partial charge in [0, 0.05) is 39.9 Å². The molecule has 9 nitrogen and oxygen atoms in total. The minimum Gasteiger partial charge on any atom is -0.382 e. The molecule has 0 amide bonds. The summed E-state index contributed by atoms with van der Waals surface area (Å²) in [5.74, 6) is 1.20. The number of guanidine groups is 1. The predicted octanol–water partition coefficient (Wildman–Crippen LogP) is 0.724. The molecule has 0 fully saturated rings. The number of ether oxygens (including phenoxy) is 1. The number of hydrogen-bond donors (Lipinski definition) is 3. The smallest absolute Gasteiger partial charge is 0.188 e. The monoisotopic (exact) mass is 448 g/mol. The summed E-state index contributed by atoms with van der Waals surface area (Å²) >= 11 is 0. The second-order valence-corrected chi connectivity index (χ2v) is 4.90. The fourth-order valence-corrected chi connectivity index (χ4v) is 2.04. The van der Waals surface area contributed by atoms with Crippen molar-refractivity contribution in [2.45, 2.75) is 13.3 Å². The van der Waals surface area contributed by atoms with Crippen LogP contribution in [0.4, 0.5) is 5.82 Å². The maximum absolute atomic E-state index is 5.79. The number of halogens is 1. The van der Waals surface area contributed by atoms with E-state index >= 15 is 0 Å². The number of hydrogen-bond acceptors (Lipinski definition) is 6. The van der Waals surface area contributed by atoms with Crippen LogP contribution in [0.25, 0.3) is 11.0 Å². The molecule has 134 valence electrons. The third kappa shape index (κ3) is 6.07. The maximum Gasteiger partial charge on any atom is 0.188 e. The summed E-state index contributed by atoms with van der Waals surface area (Å²) in [5, 5.41) is 11.4. The summed E-state index contributed by atoms with van der Waals surface area (Å²) in [6.07, 6.45) is 4.14. The normalized spacial score (nSPS) is 11.3. The van der Waals surface area contributed by atoms with Crippen LogP contribution in [0.1, 0.15) is 13.3 Å². The molecular formula is C14H25IN8O. The zero-order chi connectivity index (χ0) is 16.5. The van der Waals surface area contributed by atoms with Gasteiger partial charge in [-0.25, -0.2) is 9.97 Å². The Morgan fingerprint density at radius 1 is 1.38 bits per heavy atom. The second kappa shape index (κ2) is 11.0. The molecule has 2 aromatic heterocycles. The lowest BCUT2D eigenvalue weighted by molar-refractivity contribution is 0.146. The van der Waals surface area contributed by atoms with Crippen LogP contribution in [0.15, 0.2) is 17.5 Å². The topological polar surface area (TPSA) is 115 Å². The molecule has 2 rings (SSSR count). The Bertz CT molecular complexity index is 645. The molecule has 0 bridgehead atoms. The minimum absolute atomic E-state index is 0. The van der Waals surface area contributed by atoms with Gasteiger partial charge in [-0.15, -0.1) is 24.0 Å². The van der Waals surface area contributed by atoms with Crippen molar-refractivity contribution in [3.63, 3.8) is 0 Å². The van der Waals surface area contributed by atoms with E-state index in [2.05, 4.69) is 30.7 Å². The van der Waals surface area contributed by atoms with Gasteiger partial charge in [-0.2, -0.15) is 5.10 Å². The van der Waals surface area contributed by atoms with E-state index < -0.39 is 0 Å². The van der Waals surface area contributed by atoms with E-state index in [1.165, 1.54) is 6.33 Å². The lowest BCUT2D eigenvalue weighted by Crippen LogP contribution is -2.35. The van der Waals surface area contributed by atoms with Crippen LogP contribution in [0.5, 0.6) is 0 Å². The highest BCUT2D eigenvalue weighted by atomic mass is 127. The molecule has 0 aromatic carbocycles. The first-order valence-electron chi connectivity index (χ1n) is 7.70. The van der Waals surface area contributed by atoms with Crippen molar-refractivity contribution in [3.05, 3.63) is 12.5 Å². The Morgan fingerprint density at radius 2 is 2.21 bits per heavy atom. The molecule has 24 heavy (non-hydrogen) atoms. The van der Waals surface area contributed by atoms with Crippen LogP contribution < -0.4 is 16.4 Å². The lowest BCUT2D eigenvalue weighted by atomic mass is 10.4. The SMILES string of the molecule is CCOCCCN=C(N)NCCNc1ncnc2c1cnn2C.I. The molecule has 0 aliphatic heterocycles. The number of anilines is 1. The molecule has 2 aromatic rings. The standard InChI is InChI=1S/C14H24N8O.HI/c1-3-23-8-4-5-17-14(15)18-7-6-16-12-11-9-21-22(2)13(11)20-10-19-12;/h9-10H,3-8H2,1-2H3,(H3,15,17,18)(H,16,19,20);1H. The Morgan fingerprint density at radius 3 is 3.00 bits per heavy atom. The lowest BCUT2D eigenvalue weighted by Gasteiger charge is -2.08. The Labute approximate surface area is 158 Å². The van der Waals surface area contributed by atoms with E-state index in [4.69, 9.17) is 10.5 Å². The van der Waals surface area contributed by atoms with Gasteiger partial charge in [0.15, 0.2) is 11.6 Å². The van der Waals surface area contributed by atoms with Crippen molar-refractivity contribution < 1.29 is 4.74 Å². The summed E-state index contributed by atoms with van der Waals surface area (Å²) in [5.41, 5.74) is 6.59. The first kappa shape index (κ1) is 20.4. The van der Waals surface area contributed by atoms with Crippen molar-refractivity contribution in [1.82, 2.24) is 25.1 Å². The maximum atomic E-state index is 5.79. The van der Waals surface area contributed by atoms with Gasteiger partial charge in [0.25, 0.3) is 0 Å². The van der Waals surface area contributed by atoms with E-state index in [9.17, 15) is 0 Å². The zero-order valence-electron chi connectivity index (χ0n) is 14.0. The van der Waals surface area contributed by atoms with Crippen molar-refractivity contribution in [1.29, 1.82) is 0 Å². The summed E-state index contributed by atoms with van der Waals surface area (Å²) in [6.45, 7) is 5.39. The first-order valence-corrected chi connectivity index (χ1v) is 7.70. The average molecular weight is 448 g/mol. The molecule has 0 saturated heterocycles. The van der Waals surface area contributed by atoms with Gasteiger partial charge < -0.3 is 21.1 Å². The summed E-state index contributed by atoms with van der Waals surface area (Å²) < 4.78 is 6.96. The Balaban J connectivity index is 0.00000288. The van der Waals surface area contributed by atoms with Crippen LogP contribution >= 0.6 is 24.0 Å². The molecule has 4 N–H and O–H groups in total. The quantitative estimate of drug-likeness (QED) is 0.224. The molecule has 0 saturated carbocycles. The van der Waals surface area contributed by atoms with E-state index in [1.807, 2.05) is 14.0 Å². The van der Waals surface area contributed by atoms with Crippen molar-refractivity contribution >= 4 is 46.8 Å². The molecule has 0 radical (unpaired) electrons. The van der Waals surface area contributed by atoms with E-state index in [0.717, 1.165) is 29.9 Å². The van der Waals surface area contributed by atoms with Crippen LogP contribution in [-0.4, -0.2) is 58.6 Å². The Hall–Kier alpha value is -1.69. The minimum atomic E-state index is 0. The van der Waals surface area contributed by atoms with Gasteiger partial charge in [0.05, 0.1) is 11.6 Å². The highest BCUT2D eigenvalue weighted by Crippen LogP contribution is 2.16. The number of rotatable bonds is 9. The van der Waals surface area contributed by atoms with Gasteiger partial charge in [0.2, 0.25) is 0 Å². The molecular weight excluding hydrogens is 423 g/mol. The van der Waals surface area contributed by atoms with Gasteiger partial charge in [-0.3, -0.25) is 9.67 Å². The van der Waals surface area contributed by atoms with Crippen LogP contribution in [0, 0.1) is 0 Å². The number of fused-ring (bicyclic) bond motifs is 1. The highest BCUT2D eigenvalue weighted by Gasteiger charge is 2.06. The summed E-state index contributed by atoms with van der Waals surface area (Å²) in [4.78, 5) is 12.7. The second-order valence-electron chi connectivity index (χ2n) is 4.90. The molecule has 0 aliphatic rings. The molecule has 0 unspecified atom stereocenters. The zero-order valence-corrected chi connectivity index (χ0v) is 16.4. The molecule has 0 atom stereocenters. The molecule has 0 spiro atoms. The van der Waals surface area contributed by atoms with Crippen LogP contribution in [0.2, 0.25) is 0 Å². The first-order chi connectivity index (χ1) is 11.2. The number of aryl methyl sites for hydroxylation is 1.